The number of hydrogen-bond acceptors (Lipinski definition) is 6. The highest BCUT2D eigenvalue weighted by Gasteiger charge is 2.23. The number of amides is 1. The number of carbonyl (C=O) groups is 2. The standard InChI is InChI=1S/C15H14N4O4/c1-3-22-15(21)12-8(2)19-23-14(12)18-13(20)9-4-5-10-11(6-9)17-7-16-10/h4-7H,3H2,1-2H3,(H,16,17)(H,18,20). The summed E-state index contributed by atoms with van der Waals surface area (Å²) in [5, 5.41) is 6.24. The average molecular weight is 314 g/mol. The molecule has 0 atom stereocenters. The molecule has 8 nitrogen and oxygen atoms in total. The highest BCUT2D eigenvalue weighted by Crippen LogP contribution is 2.21. The number of nitrogens with one attached hydrogen (secondary N) is 2. The zero-order valence-corrected chi connectivity index (χ0v) is 12.5. The van der Waals surface area contributed by atoms with Crippen molar-refractivity contribution in [3.8, 4) is 0 Å². The van der Waals surface area contributed by atoms with Crippen molar-refractivity contribution < 1.29 is 18.8 Å². The summed E-state index contributed by atoms with van der Waals surface area (Å²) in [4.78, 5) is 31.3. The molecule has 0 aliphatic rings. The zero-order chi connectivity index (χ0) is 16.4. The molecule has 0 radical (unpaired) electrons. The molecule has 3 aromatic rings. The van der Waals surface area contributed by atoms with Crippen LogP contribution in [0.5, 0.6) is 0 Å². The second-order valence-corrected chi connectivity index (χ2v) is 4.78. The molecule has 0 fully saturated rings. The molecule has 2 N–H and O–H groups in total. The summed E-state index contributed by atoms with van der Waals surface area (Å²) in [6.45, 7) is 3.51. The molecule has 0 aliphatic carbocycles. The predicted molar refractivity (Wildman–Crippen MR) is 81.2 cm³/mol. The van der Waals surface area contributed by atoms with E-state index in [9.17, 15) is 9.59 Å². The second kappa shape index (κ2) is 5.91. The molecule has 0 bridgehead atoms. The van der Waals surface area contributed by atoms with Gasteiger partial charge in [-0.3, -0.25) is 10.1 Å². The molecule has 3 rings (SSSR count). The summed E-state index contributed by atoms with van der Waals surface area (Å²) < 4.78 is 9.96. The van der Waals surface area contributed by atoms with Crippen LogP contribution in [-0.2, 0) is 4.74 Å². The maximum Gasteiger partial charge on any atom is 0.345 e. The molecule has 1 aromatic carbocycles. The van der Waals surface area contributed by atoms with Gasteiger partial charge in [0.1, 0.15) is 5.56 Å². The van der Waals surface area contributed by atoms with Gasteiger partial charge in [-0.25, -0.2) is 9.78 Å². The van der Waals surface area contributed by atoms with Crippen molar-refractivity contribution in [1.82, 2.24) is 15.1 Å². The Morgan fingerprint density at radius 1 is 1.39 bits per heavy atom. The van der Waals surface area contributed by atoms with Crippen LogP contribution in [0.4, 0.5) is 5.88 Å². The van der Waals surface area contributed by atoms with E-state index in [0.29, 0.717) is 11.3 Å². The maximum atomic E-state index is 12.3. The van der Waals surface area contributed by atoms with Gasteiger partial charge in [0.15, 0.2) is 0 Å². The molecule has 23 heavy (non-hydrogen) atoms. The lowest BCUT2D eigenvalue weighted by atomic mass is 10.2. The number of esters is 1. The Bertz CT molecular complexity index is 881. The second-order valence-electron chi connectivity index (χ2n) is 4.78. The van der Waals surface area contributed by atoms with Gasteiger partial charge in [-0.2, -0.15) is 0 Å². The number of hydrogen-bond donors (Lipinski definition) is 2. The number of H-pyrrole nitrogens is 1. The summed E-state index contributed by atoms with van der Waals surface area (Å²) in [7, 11) is 0. The number of nitrogens with zero attached hydrogens (tertiary/aromatic N) is 2. The number of carbonyl (C=O) groups excluding carboxylic acids is 2. The van der Waals surface area contributed by atoms with Crippen LogP contribution in [0.1, 0.15) is 33.3 Å². The van der Waals surface area contributed by atoms with Crippen LogP contribution in [0.2, 0.25) is 0 Å². The Hall–Kier alpha value is -3.16. The molecule has 2 aromatic heterocycles. The number of fused-ring (bicyclic) bond motifs is 1. The first-order valence-corrected chi connectivity index (χ1v) is 6.98. The van der Waals surface area contributed by atoms with E-state index in [1.807, 2.05) is 0 Å². The van der Waals surface area contributed by atoms with Gasteiger partial charge in [0.2, 0.25) is 5.88 Å². The van der Waals surface area contributed by atoms with Crippen molar-refractivity contribution in [2.24, 2.45) is 0 Å². The van der Waals surface area contributed by atoms with Crippen LogP contribution < -0.4 is 5.32 Å². The lowest BCUT2D eigenvalue weighted by molar-refractivity contribution is 0.0526. The molecular formula is C15H14N4O4. The molecule has 0 saturated heterocycles. The maximum absolute atomic E-state index is 12.3. The number of anilines is 1. The smallest absolute Gasteiger partial charge is 0.345 e. The van der Waals surface area contributed by atoms with E-state index in [1.54, 1.807) is 38.4 Å². The summed E-state index contributed by atoms with van der Waals surface area (Å²) in [5.74, 6) is -1.05. The third-order valence-corrected chi connectivity index (χ3v) is 3.25. The highest BCUT2D eigenvalue weighted by atomic mass is 16.5. The molecule has 118 valence electrons. The Balaban J connectivity index is 1.86. The minimum Gasteiger partial charge on any atom is -0.462 e. The third-order valence-electron chi connectivity index (χ3n) is 3.25. The van der Waals surface area contributed by atoms with Crippen LogP contribution >= 0.6 is 0 Å². The normalized spacial score (nSPS) is 10.7. The largest absolute Gasteiger partial charge is 0.462 e. The molecule has 0 spiro atoms. The van der Waals surface area contributed by atoms with E-state index < -0.39 is 11.9 Å². The first kappa shape index (κ1) is 14.8. The van der Waals surface area contributed by atoms with Crippen LogP contribution in [0, 0.1) is 6.92 Å². The summed E-state index contributed by atoms with van der Waals surface area (Å²) >= 11 is 0. The fraction of sp³-hybridized carbons (Fsp3) is 0.200. The number of benzene rings is 1. The number of aromatic amines is 1. The Morgan fingerprint density at radius 2 is 2.22 bits per heavy atom. The minimum absolute atomic E-state index is 0.0318. The molecular weight excluding hydrogens is 300 g/mol. The van der Waals surface area contributed by atoms with Crippen molar-refractivity contribution >= 4 is 28.8 Å². The molecule has 2 heterocycles. The lowest BCUT2D eigenvalue weighted by Gasteiger charge is -2.04. The molecule has 1 amide bonds. The summed E-state index contributed by atoms with van der Waals surface area (Å²) in [6.07, 6.45) is 1.55. The van der Waals surface area contributed by atoms with E-state index in [0.717, 1.165) is 11.0 Å². The average Bonchev–Trinajstić information content (AvgIpc) is 3.13. The van der Waals surface area contributed by atoms with Gasteiger partial charge in [0, 0.05) is 5.56 Å². The van der Waals surface area contributed by atoms with Crippen molar-refractivity contribution in [2.75, 3.05) is 11.9 Å². The van der Waals surface area contributed by atoms with E-state index >= 15 is 0 Å². The molecule has 0 unspecified atom stereocenters. The fourth-order valence-electron chi connectivity index (χ4n) is 2.15. The monoisotopic (exact) mass is 314 g/mol. The SMILES string of the molecule is CCOC(=O)c1c(C)noc1NC(=O)c1ccc2nc[nH]c2c1. The highest BCUT2D eigenvalue weighted by molar-refractivity contribution is 6.08. The lowest BCUT2D eigenvalue weighted by Crippen LogP contribution is -2.15. The van der Waals surface area contributed by atoms with Crippen molar-refractivity contribution in [3.05, 3.63) is 41.3 Å². The zero-order valence-electron chi connectivity index (χ0n) is 12.5. The Kier molecular flexibility index (Phi) is 3.80. The predicted octanol–water partition coefficient (Wildman–Crippen LogP) is 2.29. The van der Waals surface area contributed by atoms with Crippen LogP contribution in [0.25, 0.3) is 11.0 Å². The molecule has 8 heteroatoms. The summed E-state index contributed by atoms with van der Waals surface area (Å²) in [5.41, 5.74) is 2.34. The van der Waals surface area contributed by atoms with E-state index in [-0.39, 0.29) is 18.1 Å². The van der Waals surface area contributed by atoms with Crippen LogP contribution in [0.15, 0.2) is 29.0 Å². The van der Waals surface area contributed by atoms with Gasteiger partial charge in [-0.1, -0.05) is 5.16 Å². The van der Waals surface area contributed by atoms with Crippen LogP contribution in [-0.4, -0.2) is 33.6 Å². The number of rotatable bonds is 4. The van der Waals surface area contributed by atoms with Gasteiger partial charge < -0.3 is 14.2 Å². The van der Waals surface area contributed by atoms with Gasteiger partial charge >= 0.3 is 5.97 Å². The van der Waals surface area contributed by atoms with Crippen LogP contribution in [0.3, 0.4) is 0 Å². The number of ether oxygens (including phenoxy) is 1. The summed E-state index contributed by atoms with van der Waals surface area (Å²) in [6, 6.07) is 5.01. The first-order valence-electron chi connectivity index (χ1n) is 6.98. The number of aromatic nitrogens is 3. The Labute approximate surface area is 130 Å². The minimum atomic E-state index is -0.592. The Morgan fingerprint density at radius 3 is 3.00 bits per heavy atom. The van der Waals surface area contributed by atoms with Gasteiger partial charge in [-0.15, -0.1) is 0 Å². The topological polar surface area (TPSA) is 110 Å². The van der Waals surface area contributed by atoms with Gasteiger partial charge in [0.05, 0.1) is 29.7 Å². The van der Waals surface area contributed by atoms with Gasteiger partial charge in [-0.05, 0) is 32.0 Å². The fourth-order valence-corrected chi connectivity index (χ4v) is 2.15. The van der Waals surface area contributed by atoms with E-state index in [4.69, 9.17) is 9.26 Å². The third kappa shape index (κ3) is 2.78. The quantitative estimate of drug-likeness (QED) is 0.715. The molecule has 0 saturated carbocycles. The van der Waals surface area contributed by atoms with E-state index in [1.165, 1.54) is 0 Å². The van der Waals surface area contributed by atoms with Gasteiger partial charge in [0.25, 0.3) is 5.91 Å². The van der Waals surface area contributed by atoms with Crippen molar-refractivity contribution in [2.45, 2.75) is 13.8 Å². The molecule has 0 aliphatic heterocycles. The first-order chi connectivity index (χ1) is 11.1. The van der Waals surface area contributed by atoms with E-state index in [2.05, 4.69) is 20.4 Å². The number of imidazole rings is 1. The number of aryl methyl sites for hydroxylation is 1. The van der Waals surface area contributed by atoms with Crippen molar-refractivity contribution in [1.29, 1.82) is 0 Å². The van der Waals surface area contributed by atoms with Crippen molar-refractivity contribution in [3.63, 3.8) is 0 Å².